The number of nitrogen functional groups attached to an aromatic ring is 1. The summed E-state index contributed by atoms with van der Waals surface area (Å²) in [6.07, 6.45) is 0. The van der Waals surface area contributed by atoms with E-state index in [1.807, 2.05) is 6.92 Å². The Kier molecular flexibility index (Phi) is 3.69. The Balaban J connectivity index is 2.67. The van der Waals surface area contributed by atoms with Crippen LogP contribution in [0.3, 0.4) is 0 Å². The van der Waals surface area contributed by atoms with Crippen LogP contribution in [0.25, 0.3) is 0 Å². The van der Waals surface area contributed by atoms with Crippen molar-refractivity contribution in [1.29, 1.82) is 0 Å². The molecule has 0 atom stereocenters. The maximum atomic E-state index is 5.63. The van der Waals surface area contributed by atoms with Crippen molar-refractivity contribution in [2.45, 2.75) is 27.3 Å². The van der Waals surface area contributed by atoms with Crippen LogP contribution < -0.4 is 5.73 Å². The number of rotatable bonds is 4. The molecule has 1 aromatic heterocycles. The quantitative estimate of drug-likeness (QED) is 0.805. The van der Waals surface area contributed by atoms with E-state index in [4.69, 9.17) is 5.73 Å². The van der Waals surface area contributed by atoms with Crippen molar-refractivity contribution in [1.82, 2.24) is 9.88 Å². The molecular weight excluding hydrogens is 182 g/mol. The lowest BCUT2D eigenvalue weighted by Crippen LogP contribution is -2.21. The molecular formula is C9H17N3S. The summed E-state index contributed by atoms with van der Waals surface area (Å²) in [5.41, 5.74) is 6.71. The molecule has 0 fully saturated rings. The Bertz CT molecular complexity index is 266. The Morgan fingerprint density at radius 3 is 2.38 bits per heavy atom. The predicted octanol–water partition coefficient (Wildman–Crippen LogP) is 1.88. The molecule has 1 rings (SSSR count). The van der Waals surface area contributed by atoms with Gasteiger partial charge >= 0.3 is 0 Å². The highest BCUT2D eigenvalue weighted by Crippen LogP contribution is 2.20. The largest absolute Gasteiger partial charge is 0.375 e. The van der Waals surface area contributed by atoms with Gasteiger partial charge in [0.1, 0.15) is 0 Å². The zero-order chi connectivity index (χ0) is 9.84. The van der Waals surface area contributed by atoms with Gasteiger partial charge in [0.25, 0.3) is 0 Å². The predicted molar refractivity (Wildman–Crippen MR) is 57.9 cm³/mol. The second-order valence-corrected chi connectivity index (χ2v) is 4.14. The fourth-order valence-corrected chi connectivity index (χ4v) is 2.12. The lowest BCUT2D eigenvalue weighted by molar-refractivity contribution is 0.298. The first-order valence-corrected chi connectivity index (χ1v) is 5.43. The van der Waals surface area contributed by atoms with E-state index in [1.165, 1.54) is 4.88 Å². The number of hydrogen-bond acceptors (Lipinski definition) is 4. The molecule has 0 amide bonds. The molecule has 0 bridgehead atoms. The molecule has 0 unspecified atom stereocenters. The average Bonchev–Trinajstić information content (AvgIpc) is 2.41. The maximum Gasteiger partial charge on any atom is 0.180 e. The van der Waals surface area contributed by atoms with Crippen molar-refractivity contribution in [3.8, 4) is 0 Å². The standard InChI is InChI=1S/C9H17N3S/c1-4-12(5-2)6-8-7(3)11-9(10)13-8/h4-6H2,1-3H3,(H2,10,11). The molecule has 2 N–H and O–H groups in total. The highest BCUT2D eigenvalue weighted by molar-refractivity contribution is 7.15. The fraction of sp³-hybridized carbons (Fsp3) is 0.667. The first-order valence-electron chi connectivity index (χ1n) is 4.61. The van der Waals surface area contributed by atoms with Gasteiger partial charge in [-0.25, -0.2) is 4.98 Å². The number of nitrogens with two attached hydrogens (primary N) is 1. The molecule has 0 spiro atoms. The molecule has 13 heavy (non-hydrogen) atoms. The van der Waals surface area contributed by atoms with Crippen molar-refractivity contribution < 1.29 is 0 Å². The molecule has 0 radical (unpaired) electrons. The van der Waals surface area contributed by atoms with Crippen LogP contribution in [0.5, 0.6) is 0 Å². The normalized spacial score (nSPS) is 11.1. The van der Waals surface area contributed by atoms with Crippen molar-refractivity contribution >= 4 is 16.5 Å². The average molecular weight is 199 g/mol. The summed E-state index contributed by atoms with van der Waals surface area (Å²) in [7, 11) is 0. The van der Waals surface area contributed by atoms with Crippen LogP contribution in [0.2, 0.25) is 0 Å². The summed E-state index contributed by atoms with van der Waals surface area (Å²) in [4.78, 5) is 7.86. The zero-order valence-corrected chi connectivity index (χ0v) is 9.32. The van der Waals surface area contributed by atoms with E-state index in [9.17, 15) is 0 Å². The topological polar surface area (TPSA) is 42.1 Å². The van der Waals surface area contributed by atoms with Gasteiger partial charge in [-0.1, -0.05) is 13.8 Å². The second kappa shape index (κ2) is 4.58. The van der Waals surface area contributed by atoms with E-state index in [2.05, 4.69) is 23.7 Å². The molecule has 74 valence electrons. The van der Waals surface area contributed by atoms with Gasteiger partial charge in [-0.3, -0.25) is 4.90 Å². The fourth-order valence-electron chi connectivity index (χ4n) is 1.25. The van der Waals surface area contributed by atoms with Crippen LogP contribution in [0, 0.1) is 6.92 Å². The van der Waals surface area contributed by atoms with E-state index >= 15 is 0 Å². The number of thiazole rings is 1. The van der Waals surface area contributed by atoms with E-state index in [0.29, 0.717) is 5.13 Å². The Labute approximate surface area is 83.6 Å². The minimum Gasteiger partial charge on any atom is -0.375 e. The molecule has 4 heteroatoms. The maximum absolute atomic E-state index is 5.63. The molecule has 0 saturated carbocycles. The summed E-state index contributed by atoms with van der Waals surface area (Å²) < 4.78 is 0. The summed E-state index contributed by atoms with van der Waals surface area (Å²) in [5, 5.41) is 0.680. The summed E-state index contributed by atoms with van der Waals surface area (Å²) in [6.45, 7) is 9.49. The van der Waals surface area contributed by atoms with Gasteiger partial charge in [0, 0.05) is 11.4 Å². The van der Waals surface area contributed by atoms with Gasteiger partial charge in [-0.05, 0) is 20.0 Å². The first kappa shape index (κ1) is 10.5. The van der Waals surface area contributed by atoms with E-state index < -0.39 is 0 Å². The monoisotopic (exact) mass is 199 g/mol. The third-order valence-electron chi connectivity index (χ3n) is 2.17. The van der Waals surface area contributed by atoms with E-state index in [0.717, 1.165) is 25.3 Å². The van der Waals surface area contributed by atoms with Gasteiger partial charge in [0.05, 0.1) is 5.69 Å². The Morgan fingerprint density at radius 1 is 1.38 bits per heavy atom. The summed E-state index contributed by atoms with van der Waals surface area (Å²) >= 11 is 1.60. The SMILES string of the molecule is CCN(CC)Cc1sc(N)nc1C. The zero-order valence-electron chi connectivity index (χ0n) is 8.50. The van der Waals surface area contributed by atoms with Crippen LogP contribution >= 0.6 is 11.3 Å². The number of aryl methyl sites for hydroxylation is 1. The second-order valence-electron chi connectivity index (χ2n) is 3.02. The van der Waals surface area contributed by atoms with Crippen molar-refractivity contribution in [2.24, 2.45) is 0 Å². The van der Waals surface area contributed by atoms with Gasteiger partial charge in [-0.2, -0.15) is 0 Å². The Hall–Kier alpha value is -0.610. The van der Waals surface area contributed by atoms with Crippen molar-refractivity contribution in [2.75, 3.05) is 18.8 Å². The molecule has 0 saturated heterocycles. The summed E-state index contributed by atoms with van der Waals surface area (Å²) in [5.74, 6) is 0. The van der Waals surface area contributed by atoms with Gasteiger partial charge in [0.2, 0.25) is 0 Å². The molecule has 0 aliphatic heterocycles. The van der Waals surface area contributed by atoms with Gasteiger partial charge in [0.15, 0.2) is 5.13 Å². The molecule has 1 aromatic rings. The molecule has 0 aliphatic carbocycles. The first-order chi connectivity index (χ1) is 6.17. The highest BCUT2D eigenvalue weighted by Gasteiger charge is 2.08. The minimum atomic E-state index is 0.680. The summed E-state index contributed by atoms with van der Waals surface area (Å²) in [6, 6.07) is 0. The third-order valence-corrected chi connectivity index (χ3v) is 3.14. The van der Waals surface area contributed by atoms with Gasteiger partial charge in [-0.15, -0.1) is 11.3 Å². The molecule has 0 aliphatic rings. The van der Waals surface area contributed by atoms with Crippen molar-refractivity contribution in [3.63, 3.8) is 0 Å². The molecule has 1 heterocycles. The van der Waals surface area contributed by atoms with E-state index in [-0.39, 0.29) is 0 Å². The smallest absolute Gasteiger partial charge is 0.180 e. The molecule has 3 nitrogen and oxygen atoms in total. The van der Waals surface area contributed by atoms with Crippen LogP contribution in [0.1, 0.15) is 24.4 Å². The Morgan fingerprint density at radius 2 is 2.00 bits per heavy atom. The lowest BCUT2D eigenvalue weighted by atomic mass is 10.3. The van der Waals surface area contributed by atoms with Gasteiger partial charge < -0.3 is 5.73 Å². The van der Waals surface area contributed by atoms with E-state index in [1.54, 1.807) is 11.3 Å². The van der Waals surface area contributed by atoms with Crippen LogP contribution in [0.4, 0.5) is 5.13 Å². The lowest BCUT2D eigenvalue weighted by Gasteiger charge is -2.16. The van der Waals surface area contributed by atoms with Crippen LogP contribution in [-0.4, -0.2) is 23.0 Å². The number of hydrogen-bond donors (Lipinski definition) is 1. The third kappa shape index (κ3) is 2.67. The minimum absolute atomic E-state index is 0.680. The molecule has 0 aromatic carbocycles. The number of anilines is 1. The number of aromatic nitrogens is 1. The van der Waals surface area contributed by atoms with Crippen LogP contribution in [0.15, 0.2) is 0 Å². The highest BCUT2D eigenvalue weighted by atomic mass is 32.1. The van der Waals surface area contributed by atoms with Crippen molar-refractivity contribution in [3.05, 3.63) is 10.6 Å². The number of nitrogens with zero attached hydrogens (tertiary/aromatic N) is 2. The van der Waals surface area contributed by atoms with Crippen LogP contribution in [-0.2, 0) is 6.54 Å².